The van der Waals surface area contributed by atoms with Crippen molar-refractivity contribution in [2.24, 2.45) is 11.1 Å². The zero-order valence-electron chi connectivity index (χ0n) is 12.7. The van der Waals surface area contributed by atoms with Gasteiger partial charge in [-0.3, -0.25) is 4.79 Å². The van der Waals surface area contributed by atoms with Crippen molar-refractivity contribution >= 4 is 28.8 Å². The van der Waals surface area contributed by atoms with Gasteiger partial charge in [0.2, 0.25) is 5.91 Å². The molecule has 4 nitrogen and oxygen atoms in total. The monoisotopic (exact) mass is 330 g/mol. The third kappa shape index (κ3) is 3.11. The lowest BCUT2D eigenvalue weighted by Crippen LogP contribution is -2.75. The van der Waals surface area contributed by atoms with Gasteiger partial charge in [-0.25, -0.2) is 0 Å². The van der Waals surface area contributed by atoms with E-state index in [2.05, 4.69) is 5.32 Å². The second kappa shape index (κ2) is 6.24. The van der Waals surface area contributed by atoms with Crippen molar-refractivity contribution in [2.45, 2.75) is 45.3 Å². The standard InChI is InChI=1S/C15H23ClN2O2S/c1-4-20-11-9-15(17,14(11,2)3)13(19)18-8-7-10-5-6-12(16)21-10/h5-6,11H,4,7-9,17H2,1-3H3,(H,18,19). The number of nitrogens with one attached hydrogen (secondary N) is 1. The Labute approximate surface area is 135 Å². The first kappa shape index (κ1) is 16.7. The molecule has 0 bridgehead atoms. The maximum Gasteiger partial charge on any atom is 0.240 e. The van der Waals surface area contributed by atoms with E-state index < -0.39 is 5.54 Å². The Morgan fingerprint density at radius 1 is 1.57 bits per heavy atom. The quantitative estimate of drug-likeness (QED) is 0.842. The van der Waals surface area contributed by atoms with E-state index in [1.54, 1.807) is 0 Å². The molecule has 0 spiro atoms. The molecule has 1 aliphatic rings. The molecule has 1 saturated carbocycles. The van der Waals surface area contributed by atoms with Crippen molar-refractivity contribution in [1.82, 2.24) is 5.32 Å². The van der Waals surface area contributed by atoms with E-state index in [0.29, 0.717) is 19.6 Å². The van der Waals surface area contributed by atoms with E-state index in [1.807, 2.05) is 32.9 Å². The number of amides is 1. The van der Waals surface area contributed by atoms with E-state index in [9.17, 15) is 4.79 Å². The molecule has 118 valence electrons. The van der Waals surface area contributed by atoms with Crippen LogP contribution in [0.2, 0.25) is 4.34 Å². The highest BCUT2D eigenvalue weighted by molar-refractivity contribution is 7.16. The van der Waals surface area contributed by atoms with Crippen molar-refractivity contribution in [2.75, 3.05) is 13.2 Å². The van der Waals surface area contributed by atoms with Crippen LogP contribution in [0, 0.1) is 5.41 Å². The average Bonchev–Trinajstić information content (AvgIpc) is 2.83. The van der Waals surface area contributed by atoms with Gasteiger partial charge in [-0.1, -0.05) is 25.4 Å². The van der Waals surface area contributed by atoms with Crippen molar-refractivity contribution in [3.05, 3.63) is 21.3 Å². The van der Waals surface area contributed by atoms with Crippen molar-refractivity contribution in [1.29, 1.82) is 0 Å². The van der Waals surface area contributed by atoms with Gasteiger partial charge in [-0.15, -0.1) is 11.3 Å². The molecule has 1 fully saturated rings. The van der Waals surface area contributed by atoms with Gasteiger partial charge < -0.3 is 15.8 Å². The number of halogens is 1. The average molecular weight is 331 g/mol. The van der Waals surface area contributed by atoms with Crippen LogP contribution in [0.3, 0.4) is 0 Å². The van der Waals surface area contributed by atoms with Crippen LogP contribution < -0.4 is 11.1 Å². The Balaban J connectivity index is 1.86. The molecule has 1 aromatic heterocycles. The fraction of sp³-hybridized carbons (Fsp3) is 0.667. The number of nitrogens with two attached hydrogens (primary N) is 1. The summed E-state index contributed by atoms with van der Waals surface area (Å²) in [5, 5.41) is 2.95. The molecule has 0 saturated heterocycles. The second-order valence-corrected chi connectivity index (χ2v) is 7.85. The maximum atomic E-state index is 12.4. The highest BCUT2D eigenvalue weighted by Crippen LogP contribution is 2.49. The van der Waals surface area contributed by atoms with Crippen LogP contribution in [0.25, 0.3) is 0 Å². The molecule has 2 atom stereocenters. The third-order valence-corrected chi connectivity index (χ3v) is 5.81. The van der Waals surface area contributed by atoms with Crippen molar-refractivity contribution < 1.29 is 9.53 Å². The summed E-state index contributed by atoms with van der Waals surface area (Å²) < 4.78 is 6.41. The van der Waals surface area contributed by atoms with Crippen LogP contribution in [-0.4, -0.2) is 30.7 Å². The molecular weight excluding hydrogens is 308 g/mol. The minimum Gasteiger partial charge on any atom is -0.378 e. The van der Waals surface area contributed by atoms with E-state index >= 15 is 0 Å². The summed E-state index contributed by atoms with van der Waals surface area (Å²) in [6, 6.07) is 3.85. The topological polar surface area (TPSA) is 64.3 Å². The molecule has 0 aliphatic heterocycles. The van der Waals surface area contributed by atoms with Gasteiger partial charge in [-0.05, 0) is 25.5 Å². The lowest BCUT2D eigenvalue weighted by Gasteiger charge is -2.57. The molecule has 2 unspecified atom stereocenters. The van der Waals surface area contributed by atoms with Crippen molar-refractivity contribution in [3.8, 4) is 0 Å². The summed E-state index contributed by atoms with van der Waals surface area (Å²) in [6.07, 6.45) is 1.40. The van der Waals surface area contributed by atoms with Gasteiger partial charge >= 0.3 is 0 Å². The van der Waals surface area contributed by atoms with E-state index in [1.165, 1.54) is 11.3 Å². The van der Waals surface area contributed by atoms with Gasteiger partial charge in [0.15, 0.2) is 0 Å². The molecule has 21 heavy (non-hydrogen) atoms. The third-order valence-electron chi connectivity index (χ3n) is 4.52. The number of carbonyl (C=O) groups excluding carboxylic acids is 1. The Hall–Kier alpha value is -0.620. The van der Waals surface area contributed by atoms with Gasteiger partial charge in [-0.2, -0.15) is 0 Å². The number of rotatable bonds is 6. The van der Waals surface area contributed by atoms with Gasteiger partial charge in [0.1, 0.15) is 5.54 Å². The Bertz CT molecular complexity index is 518. The first-order chi connectivity index (χ1) is 9.81. The lowest BCUT2D eigenvalue weighted by molar-refractivity contribution is -0.170. The van der Waals surface area contributed by atoms with Gasteiger partial charge in [0.05, 0.1) is 10.4 Å². The molecule has 1 amide bonds. The smallest absolute Gasteiger partial charge is 0.240 e. The van der Waals surface area contributed by atoms with Gasteiger partial charge in [0, 0.05) is 29.9 Å². The fourth-order valence-corrected chi connectivity index (χ4v) is 3.85. The van der Waals surface area contributed by atoms with Crippen LogP contribution >= 0.6 is 22.9 Å². The lowest BCUT2D eigenvalue weighted by atomic mass is 9.54. The molecule has 6 heteroatoms. The molecule has 0 radical (unpaired) electrons. The molecule has 1 aliphatic carbocycles. The highest BCUT2D eigenvalue weighted by Gasteiger charge is 2.62. The molecule has 3 N–H and O–H groups in total. The summed E-state index contributed by atoms with van der Waals surface area (Å²) in [4.78, 5) is 13.6. The number of hydrogen-bond donors (Lipinski definition) is 2. The molecule has 2 rings (SSSR count). The zero-order chi connectivity index (χ0) is 15.7. The predicted octanol–water partition coefficient (Wildman–Crippen LogP) is 2.59. The fourth-order valence-electron chi connectivity index (χ4n) is 2.76. The number of hydrogen-bond acceptors (Lipinski definition) is 4. The van der Waals surface area contributed by atoms with Gasteiger partial charge in [0.25, 0.3) is 0 Å². The number of thiophene rings is 1. The van der Waals surface area contributed by atoms with Crippen LogP contribution in [0.4, 0.5) is 0 Å². The maximum absolute atomic E-state index is 12.4. The summed E-state index contributed by atoms with van der Waals surface area (Å²) >= 11 is 7.42. The summed E-state index contributed by atoms with van der Waals surface area (Å²) in [5.74, 6) is -0.0916. The Morgan fingerprint density at radius 2 is 2.29 bits per heavy atom. The van der Waals surface area contributed by atoms with Crippen LogP contribution in [0.5, 0.6) is 0 Å². The normalized spacial score (nSPS) is 27.2. The second-order valence-electron chi connectivity index (χ2n) is 6.05. The van der Waals surface area contributed by atoms with E-state index in [4.69, 9.17) is 22.1 Å². The largest absolute Gasteiger partial charge is 0.378 e. The molecule has 1 aromatic rings. The summed E-state index contributed by atoms with van der Waals surface area (Å²) in [6.45, 7) is 7.17. The van der Waals surface area contributed by atoms with Crippen LogP contribution in [0.15, 0.2) is 12.1 Å². The van der Waals surface area contributed by atoms with Crippen LogP contribution in [-0.2, 0) is 16.0 Å². The first-order valence-electron chi connectivity index (χ1n) is 7.24. The zero-order valence-corrected chi connectivity index (χ0v) is 14.3. The highest BCUT2D eigenvalue weighted by atomic mass is 35.5. The van der Waals surface area contributed by atoms with Crippen molar-refractivity contribution in [3.63, 3.8) is 0 Å². The van der Waals surface area contributed by atoms with E-state index in [0.717, 1.165) is 15.6 Å². The molecule has 1 heterocycles. The summed E-state index contributed by atoms with van der Waals surface area (Å²) in [5.41, 5.74) is 5.12. The Kier molecular flexibility index (Phi) is 4.98. The first-order valence-corrected chi connectivity index (χ1v) is 8.43. The van der Waals surface area contributed by atoms with E-state index in [-0.39, 0.29) is 17.4 Å². The minimum atomic E-state index is -0.847. The Morgan fingerprint density at radius 3 is 2.81 bits per heavy atom. The predicted molar refractivity (Wildman–Crippen MR) is 86.8 cm³/mol. The number of carbonyl (C=O) groups is 1. The SMILES string of the molecule is CCOC1CC(N)(C(=O)NCCc2ccc(Cl)s2)C1(C)C. The number of ether oxygens (including phenoxy) is 1. The summed E-state index contributed by atoms with van der Waals surface area (Å²) in [7, 11) is 0. The molecule has 0 aromatic carbocycles. The molecular formula is C15H23ClN2O2S. The van der Waals surface area contributed by atoms with Crippen LogP contribution in [0.1, 0.15) is 32.1 Å². The minimum absolute atomic E-state index is 0.0503.